The molecular formula is C26H30FN5O3S2. The number of nitrogens with one attached hydrogen (secondary N) is 1. The molecule has 196 valence electrons. The van der Waals surface area contributed by atoms with Crippen LogP contribution in [0.3, 0.4) is 0 Å². The van der Waals surface area contributed by atoms with Crippen molar-refractivity contribution in [2.45, 2.75) is 19.8 Å². The van der Waals surface area contributed by atoms with E-state index < -0.39 is 16.0 Å². The zero-order valence-electron chi connectivity index (χ0n) is 20.8. The first-order valence-corrected chi connectivity index (χ1v) is 14.9. The second-order valence-corrected chi connectivity index (χ2v) is 11.6. The van der Waals surface area contributed by atoms with Gasteiger partial charge in [-0.25, -0.2) is 22.8 Å². The Morgan fingerprint density at radius 1 is 1.11 bits per heavy atom. The van der Waals surface area contributed by atoms with Crippen molar-refractivity contribution in [3.8, 4) is 11.3 Å². The molecule has 4 rings (SSSR count). The lowest BCUT2D eigenvalue weighted by Gasteiger charge is -2.32. The van der Waals surface area contributed by atoms with Crippen molar-refractivity contribution in [3.63, 3.8) is 0 Å². The summed E-state index contributed by atoms with van der Waals surface area (Å²) >= 11 is 0.772. The zero-order valence-corrected chi connectivity index (χ0v) is 22.4. The lowest BCUT2D eigenvalue weighted by molar-refractivity contribution is -0.114. The highest BCUT2D eigenvalue weighted by atomic mass is 32.2. The SMILES string of the molecule is CCN(c1ccc(-c2ccnc(Nc3ccc(N4CCC(C(=O)SCF)CC4)cc3)n2)cc1)S(C)(=O)=O. The van der Waals surface area contributed by atoms with E-state index in [9.17, 15) is 17.6 Å². The molecule has 3 aromatic rings. The zero-order chi connectivity index (χ0) is 26.4. The Kier molecular flexibility index (Phi) is 8.65. The number of aromatic nitrogens is 2. The van der Waals surface area contributed by atoms with E-state index in [1.54, 1.807) is 31.3 Å². The van der Waals surface area contributed by atoms with Crippen LogP contribution in [0.25, 0.3) is 11.3 Å². The van der Waals surface area contributed by atoms with Crippen LogP contribution < -0.4 is 14.5 Å². The third-order valence-corrected chi connectivity index (χ3v) is 8.30. The smallest absolute Gasteiger partial charge is 0.232 e. The monoisotopic (exact) mass is 543 g/mol. The summed E-state index contributed by atoms with van der Waals surface area (Å²) in [5.74, 6) is 0.383. The summed E-state index contributed by atoms with van der Waals surface area (Å²) in [5.41, 5.74) is 4.08. The van der Waals surface area contributed by atoms with Crippen LogP contribution in [-0.4, -0.2) is 55.4 Å². The van der Waals surface area contributed by atoms with Gasteiger partial charge in [-0.2, -0.15) is 0 Å². The summed E-state index contributed by atoms with van der Waals surface area (Å²) in [6.07, 6.45) is 4.34. The summed E-state index contributed by atoms with van der Waals surface area (Å²) in [7, 11) is -3.34. The lowest BCUT2D eigenvalue weighted by atomic mass is 9.98. The fourth-order valence-electron chi connectivity index (χ4n) is 4.42. The van der Waals surface area contributed by atoms with Gasteiger partial charge in [-0.15, -0.1) is 0 Å². The van der Waals surface area contributed by atoms with Gasteiger partial charge in [0, 0.05) is 48.7 Å². The van der Waals surface area contributed by atoms with Crippen molar-refractivity contribution in [2.75, 3.05) is 46.4 Å². The van der Waals surface area contributed by atoms with E-state index in [1.807, 2.05) is 36.4 Å². The molecule has 11 heteroatoms. The Labute approximate surface area is 221 Å². The number of sulfonamides is 1. The van der Waals surface area contributed by atoms with Crippen LogP contribution in [0, 0.1) is 5.92 Å². The van der Waals surface area contributed by atoms with E-state index in [1.165, 1.54) is 10.6 Å². The topological polar surface area (TPSA) is 95.5 Å². The third-order valence-electron chi connectivity index (χ3n) is 6.31. The van der Waals surface area contributed by atoms with Gasteiger partial charge in [-0.1, -0.05) is 23.9 Å². The van der Waals surface area contributed by atoms with Gasteiger partial charge in [0.05, 0.1) is 17.6 Å². The Balaban J connectivity index is 1.39. The molecule has 1 aliphatic heterocycles. The Bertz CT molecular complexity index is 1310. The van der Waals surface area contributed by atoms with Crippen LogP contribution in [0.2, 0.25) is 0 Å². The number of rotatable bonds is 9. The van der Waals surface area contributed by atoms with E-state index in [0.717, 1.165) is 54.6 Å². The van der Waals surface area contributed by atoms with E-state index in [4.69, 9.17) is 0 Å². The van der Waals surface area contributed by atoms with Gasteiger partial charge in [0.25, 0.3) is 0 Å². The van der Waals surface area contributed by atoms with E-state index >= 15 is 0 Å². The molecule has 0 radical (unpaired) electrons. The molecule has 37 heavy (non-hydrogen) atoms. The first-order valence-electron chi connectivity index (χ1n) is 12.0. The standard InChI is InChI=1S/C26H30FN5O3S2/c1-3-32(37(2,34)35)23-8-4-19(5-9-23)24-12-15-28-26(30-24)29-21-6-10-22(11-7-21)31-16-13-20(14-17-31)25(33)36-18-27/h4-12,15,20H,3,13-14,16-18H2,1-2H3,(H,28,29,30). The van der Waals surface area contributed by atoms with Gasteiger partial charge in [0.1, 0.15) is 6.01 Å². The average Bonchev–Trinajstić information content (AvgIpc) is 2.90. The van der Waals surface area contributed by atoms with Crippen molar-refractivity contribution >= 4 is 49.9 Å². The molecule has 0 spiro atoms. The van der Waals surface area contributed by atoms with Crippen molar-refractivity contribution in [1.82, 2.24) is 9.97 Å². The highest BCUT2D eigenvalue weighted by Crippen LogP contribution is 2.28. The minimum atomic E-state index is -3.34. The molecule has 0 aliphatic carbocycles. The maximum absolute atomic E-state index is 12.4. The summed E-state index contributed by atoms with van der Waals surface area (Å²) < 4.78 is 37.7. The Morgan fingerprint density at radius 2 is 1.78 bits per heavy atom. The molecule has 1 aromatic heterocycles. The number of carbonyl (C=O) groups excluding carboxylic acids is 1. The van der Waals surface area contributed by atoms with Crippen LogP contribution >= 0.6 is 11.8 Å². The molecule has 1 N–H and O–H groups in total. The van der Waals surface area contributed by atoms with Crippen LogP contribution in [0.4, 0.5) is 27.4 Å². The first-order chi connectivity index (χ1) is 17.8. The summed E-state index contributed by atoms with van der Waals surface area (Å²) in [4.78, 5) is 23.1. The maximum atomic E-state index is 12.4. The van der Waals surface area contributed by atoms with Crippen molar-refractivity contribution < 1.29 is 17.6 Å². The molecule has 0 atom stereocenters. The molecular weight excluding hydrogens is 513 g/mol. The predicted molar refractivity (Wildman–Crippen MR) is 149 cm³/mol. The van der Waals surface area contributed by atoms with Gasteiger partial charge < -0.3 is 10.2 Å². The molecule has 0 unspecified atom stereocenters. The van der Waals surface area contributed by atoms with Gasteiger partial charge in [0.15, 0.2) is 5.12 Å². The molecule has 2 heterocycles. The average molecular weight is 544 g/mol. The number of halogens is 1. The normalized spacial score (nSPS) is 14.4. The Hall–Kier alpha value is -3.18. The number of piperidine rings is 1. The number of hydrogen-bond donors (Lipinski definition) is 1. The number of benzene rings is 2. The van der Waals surface area contributed by atoms with Gasteiger partial charge in [-0.3, -0.25) is 9.10 Å². The van der Waals surface area contributed by atoms with E-state index in [2.05, 4.69) is 20.2 Å². The second kappa shape index (κ2) is 11.9. The van der Waals surface area contributed by atoms with Gasteiger partial charge in [0.2, 0.25) is 16.0 Å². The largest absolute Gasteiger partial charge is 0.371 e. The highest BCUT2D eigenvalue weighted by Gasteiger charge is 2.25. The number of anilines is 4. The third kappa shape index (κ3) is 6.78. The van der Waals surface area contributed by atoms with Crippen LogP contribution in [0.15, 0.2) is 60.8 Å². The van der Waals surface area contributed by atoms with Crippen LogP contribution in [0.1, 0.15) is 19.8 Å². The predicted octanol–water partition coefficient (Wildman–Crippen LogP) is 5.08. The van der Waals surface area contributed by atoms with Gasteiger partial charge >= 0.3 is 0 Å². The van der Waals surface area contributed by atoms with Crippen LogP contribution in [0.5, 0.6) is 0 Å². The number of alkyl halides is 1. The Morgan fingerprint density at radius 3 is 2.38 bits per heavy atom. The molecule has 2 aromatic carbocycles. The molecule has 0 saturated carbocycles. The van der Waals surface area contributed by atoms with Crippen LogP contribution in [-0.2, 0) is 14.8 Å². The summed E-state index contributed by atoms with van der Waals surface area (Å²) in [6.45, 7) is 3.68. The highest BCUT2D eigenvalue weighted by molar-refractivity contribution is 8.13. The van der Waals surface area contributed by atoms with E-state index in [0.29, 0.717) is 23.9 Å². The van der Waals surface area contributed by atoms with Gasteiger partial charge in [-0.05, 0) is 62.2 Å². The molecule has 0 amide bonds. The van der Waals surface area contributed by atoms with Crippen molar-refractivity contribution in [2.24, 2.45) is 5.92 Å². The maximum Gasteiger partial charge on any atom is 0.232 e. The minimum absolute atomic E-state index is 0.0447. The number of thioether (sulfide) groups is 1. The first kappa shape index (κ1) is 26.9. The quantitative estimate of drug-likeness (QED) is 0.399. The molecule has 0 bridgehead atoms. The summed E-state index contributed by atoms with van der Waals surface area (Å²) in [5, 5.41) is 3.18. The molecule has 1 aliphatic rings. The summed E-state index contributed by atoms with van der Waals surface area (Å²) in [6, 6.07) is 16.3. The lowest BCUT2D eigenvalue weighted by Crippen LogP contribution is -2.35. The molecule has 1 fully saturated rings. The number of hydrogen-bond acceptors (Lipinski definition) is 8. The second-order valence-electron chi connectivity index (χ2n) is 8.75. The minimum Gasteiger partial charge on any atom is -0.371 e. The fourth-order valence-corrected chi connectivity index (χ4v) is 5.97. The van der Waals surface area contributed by atoms with Crippen molar-refractivity contribution in [1.29, 1.82) is 0 Å². The molecule has 8 nitrogen and oxygen atoms in total. The number of nitrogens with zero attached hydrogens (tertiary/aromatic N) is 4. The van der Waals surface area contributed by atoms with E-state index in [-0.39, 0.29) is 11.0 Å². The molecule has 1 saturated heterocycles. The van der Waals surface area contributed by atoms with Crippen molar-refractivity contribution in [3.05, 3.63) is 60.8 Å². The number of carbonyl (C=O) groups is 1. The fraction of sp³-hybridized carbons (Fsp3) is 0.346.